The van der Waals surface area contributed by atoms with Crippen LogP contribution >= 0.6 is 0 Å². The molecule has 0 amide bonds. The number of rotatable bonds is 26. The minimum Gasteiger partial charge on any atom is -0.508 e. The average Bonchev–Trinajstić information content (AvgIpc) is 2.89. The van der Waals surface area contributed by atoms with E-state index in [-0.39, 0.29) is 17.8 Å². The Morgan fingerprint density at radius 2 is 1.03 bits per heavy atom. The third-order valence-electron chi connectivity index (χ3n) is 7.59. The molecule has 0 heterocycles. The van der Waals surface area contributed by atoms with Crippen molar-refractivity contribution in [1.82, 2.24) is 0 Å². The molecule has 3 nitrogen and oxygen atoms in total. The molecule has 0 aliphatic carbocycles. The fourth-order valence-electron chi connectivity index (χ4n) is 5.08. The van der Waals surface area contributed by atoms with Crippen LogP contribution in [-0.2, 0) is 16.0 Å². The molecular weight excluding hydrogens is 456 g/mol. The van der Waals surface area contributed by atoms with E-state index >= 15 is 0 Å². The monoisotopic (exact) mass is 516 g/mol. The first-order valence-corrected chi connectivity index (χ1v) is 16.1. The maximum Gasteiger partial charge on any atom is 0.306 e. The van der Waals surface area contributed by atoms with Crippen LogP contribution in [0.15, 0.2) is 24.3 Å². The molecule has 1 aromatic carbocycles. The first-order chi connectivity index (χ1) is 18.1. The van der Waals surface area contributed by atoms with Crippen molar-refractivity contribution >= 4 is 5.97 Å². The van der Waals surface area contributed by atoms with Crippen molar-refractivity contribution < 1.29 is 14.6 Å². The van der Waals surface area contributed by atoms with E-state index in [0.717, 1.165) is 31.2 Å². The van der Waals surface area contributed by atoms with E-state index in [2.05, 4.69) is 6.92 Å². The minimum atomic E-state index is -0.0592. The van der Waals surface area contributed by atoms with Crippen LogP contribution in [0.2, 0.25) is 0 Å². The molecule has 0 aromatic heterocycles. The summed E-state index contributed by atoms with van der Waals surface area (Å²) in [5.74, 6) is 0.226. The molecule has 37 heavy (non-hydrogen) atoms. The minimum absolute atomic E-state index is 0.0591. The molecule has 214 valence electrons. The van der Waals surface area contributed by atoms with Gasteiger partial charge < -0.3 is 9.84 Å². The van der Waals surface area contributed by atoms with Gasteiger partial charge in [-0.15, -0.1) is 0 Å². The molecule has 1 rings (SSSR count). The van der Waals surface area contributed by atoms with E-state index in [4.69, 9.17) is 4.74 Å². The zero-order chi connectivity index (χ0) is 26.8. The fourth-order valence-corrected chi connectivity index (χ4v) is 5.08. The number of carbonyl (C=O) groups is 1. The van der Waals surface area contributed by atoms with Crippen molar-refractivity contribution in [3.63, 3.8) is 0 Å². The fraction of sp³-hybridized carbons (Fsp3) is 0.794. The lowest BCUT2D eigenvalue weighted by molar-refractivity contribution is -0.148. The van der Waals surface area contributed by atoms with Crippen LogP contribution in [0, 0.1) is 0 Å². The lowest BCUT2D eigenvalue weighted by atomic mass is 10.0. The number of hydrogen-bond donors (Lipinski definition) is 1. The van der Waals surface area contributed by atoms with Gasteiger partial charge in [-0.25, -0.2) is 0 Å². The number of unbranched alkanes of at least 4 members (excludes halogenated alkanes) is 20. The van der Waals surface area contributed by atoms with E-state index in [1.54, 1.807) is 12.1 Å². The van der Waals surface area contributed by atoms with Crippen molar-refractivity contribution in [2.45, 2.75) is 174 Å². The van der Waals surface area contributed by atoms with Crippen molar-refractivity contribution in [3.05, 3.63) is 29.8 Å². The van der Waals surface area contributed by atoms with Crippen molar-refractivity contribution in [1.29, 1.82) is 0 Å². The Morgan fingerprint density at radius 3 is 1.43 bits per heavy atom. The van der Waals surface area contributed by atoms with Crippen LogP contribution in [-0.4, -0.2) is 17.2 Å². The van der Waals surface area contributed by atoms with Gasteiger partial charge in [-0.2, -0.15) is 0 Å². The molecular formula is C34H60O3. The SMILES string of the molecule is CCCCCCCCCCCCCCCCCCCCCCCC(=O)OC(C)CCc1ccc(O)cc1. The second-order valence-corrected chi connectivity index (χ2v) is 11.3. The highest BCUT2D eigenvalue weighted by atomic mass is 16.5. The van der Waals surface area contributed by atoms with Gasteiger partial charge in [0.2, 0.25) is 0 Å². The van der Waals surface area contributed by atoms with Crippen LogP contribution < -0.4 is 0 Å². The van der Waals surface area contributed by atoms with Gasteiger partial charge in [0.05, 0.1) is 6.10 Å². The molecule has 1 atom stereocenters. The van der Waals surface area contributed by atoms with Crippen molar-refractivity contribution in [2.75, 3.05) is 0 Å². The predicted octanol–water partition coefficient (Wildman–Crippen LogP) is 10.9. The van der Waals surface area contributed by atoms with Crippen LogP contribution in [0.5, 0.6) is 5.75 Å². The first-order valence-electron chi connectivity index (χ1n) is 16.1. The Labute approximate surface area is 230 Å². The van der Waals surface area contributed by atoms with E-state index in [1.807, 2.05) is 19.1 Å². The summed E-state index contributed by atoms with van der Waals surface area (Å²) in [6, 6.07) is 7.24. The highest BCUT2D eigenvalue weighted by Gasteiger charge is 2.09. The number of phenolic OH excluding ortho intramolecular Hbond substituents is 1. The molecule has 3 heteroatoms. The maximum atomic E-state index is 12.1. The summed E-state index contributed by atoms with van der Waals surface area (Å²) in [5.41, 5.74) is 1.16. The van der Waals surface area contributed by atoms with Crippen molar-refractivity contribution in [3.8, 4) is 5.75 Å². The normalized spacial score (nSPS) is 12.1. The summed E-state index contributed by atoms with van der Waals surface area (Å²) in [6.45, 7) is 4.26. The summed E-state index contributed by atoms with van der Waals surface area (Å²) < 4.78 is 5.55. The number of aromatic hydroxyl groups is 1. The average molecular weight is 517 g/mol. The standard InChI is InChI=1S/C34H60O3/c1-3-4-5-6-7-8-9-10-11-12-13-14-15-16-17-18-19-20-21-22-23-24-34(36)37-31(2)25-26-32-27-29-33(35)30-28-32/h27-31,35H,3-26H2,1-2H3. The highest BCUT2D eigenvalue weighted by Crippen LogP contribution is 2.16. The van der Waals surface area contributed by atoms with Crippen molar-refractivity contribution in [2.24, 2.45) is 0 Å². The molecule has 0 spiro atoms. The molecule has 0 saturated carbocycles. The first kappa shape index (κ1) is 33.5. The third-order valence-corrected chi connectivity index (χ3v) is 7.59. The zero-order valence-corrected chi connectivity index (χ0v) is 24.6. The second kappa shape index (κ2) is 24.8. The van der Waals surface area contributed by atoms with Gasteiger partial charge in [0, 0.05) is 6.42 Å². The molecule has 0 fully saturated rings. The van der Waals surface area contributed by atoms with E-state index < -0.39 is 0 Å². The van der Waals surface area contributed by atoms with E-state index in [9.17, 15) is 9.90 Å². The van der Waals surface area contributed by atoms with E-state index in [0.29, 0.717) is 6.42 Å². The number of hydrogen-bond acceptors (Lipinski definition) is 3. The smallest absolute Gasteiger partial charge is 0.306 e. The van der Waals surface area contributed by atoms with E-state index in [1.165, 1.54) is 122 Å². The zero-order valence-electron chi connectivity index (χ0n) is 24.6. The Kier molecular flexibility index (Phi) is 22.5. The molecule has 0 bridgehead atoms. The summed E-state index contributed by atoms with van der Waals surface area (Å²) in [6.07, 6.45) is 31.0. The Hall–Kier alpha value is -1.51. The van der Waals surface area contributed by atoms with Gasteiger partial charge in [0.25, 0.3) is 0 Å². The Bertz CT molecular complexity index is 624. The second-order valence-electron chi connectivity index (χ2n) is 11.3. The van der Waals surface area contributed by atoms with Crippen LogP contribution in [0.1, 0.15) is 167 Å². The molecule has 0 saturated heterocycles. The van der Waals surface area contributed by atoms with Crippen LogP contribution in [0.4, 0.5) is 0 Å². The summed E-state index contributed by atoms with van der Waals surface area (Å²) in [7, 11) is 0. The lowest BCUT2D eigenvalue weighted by Gasteiger charge is -2.13. The van der Waals surface area contributed by atoms with Gasteiger partial charge in [0.15, 0.2) is 0 Å². The van der Waals surface area contributed by atoms with Gasteiger partial charge in [-0.1, -0.05) is 147 Å². The molecule has 0 radical (unpaired) electrons. The topological polar surface area (TPSA) is 46.5 Å². The highest BCUT2D eigenvalue weighted by molar-refractivity contribution is 5.69. The number of ether oxygens (including phenoxy) is 1. The van der Waals surface area contributed by atoms with Gasteiger partial charge in [-0.3, -0.25) is 4.79 Å². The lowest BCUT2D eigenvalue weighted by Crippen LogP contribution is -2.15. The Balaban J connectivity index is 1.77. The molecule has 1 N–H and O–H groups in total. The molecule has 1 unspecified atom stereocenters. The molecule has 0 aliphatic rings. The van der Waals surface area contributed by atoms with Gasteiger partial charge in [0.1, 0.15) is 5.75 Å². The van der Waals surface area contributed by atoms with Gasteiger partial charge >= 0.3 is 5.97 Å². The number of phenols is 1. The number of carbonyl (C=O) groups excluding carboxylic acids is 1. The molecule has 1 aromatic rings. The quantitative estimate of drug-likeness (QED) is 0.0983. The number of esters is 1. The van der Waals surface area contributed by atoms with Crippen LogP contribution in [0.3, 0.4) is 0 Å². The third kappa shape index (κ3) is 22.2. The summed E-state index contributed by atoms with van der Waals surface area (Å²) >= 11 is 0. The summed E-state index contributed by atoms with van der Waals surface area (Å²) in [5, 5.41) is 9.34. The Morgan fingerprint density at radius 1 is 0.649 bits per heavy atom. The molecule has 0 aliphatic heterocycles. The number of benzene rings is 1. The van der Waals surface area contributed by atoms with Crippen LogP contribution in [0.25, 0.3) is 0 Å². The predicted molar refractivity (Wildman–Crippen MR) is 159 cm³/mol. The number of aryl methyl sites for hydroxylation is 1. The summed E-state index contributed by atoms with van der Waals surface area (Å²) in [4.78, 5) is 12.1. The van der Waals surface area contributed by atoms with Gasteiger partial charge in [-0.05, 0) is 43.9 Å². The largest absolute Gasteiger partial charge is 0.508 e. The maximum absolute atomic E-state index is 12.1.